The molecule has 0 fully saturated rings. The minimum Gasteiger partial charge on any atom is -0.343 e. The third-order valence-corrected chi connectivity index (χ3v) is 8.49. The number of carbonyl (C=O) groups excluding carboxylic acids is 2. The van der Waals surface area contributed by atoms with Crippen LogP contribution in [0.4, 0.5) is 5.13 Å². The predicted octanol–water partition coefficient (Wildman–Crippen LogP) is 4.73. The number of aromatic nitrogens is 2. The predicted molar refractivity (Wildman–Crippen MR) is 145 cm³/mol. The molecule has 10 heteroatoms. The number of rotatable bonds is 8. The Morgan fingerprint density at radius 1 is 0.973 bits per heavy atom. The molecular weight excluding hydrogens is 508 g/mol. The highest BCUT2D eigenvalue weighted by Crippen LogP contribution is 2.28. The van der Waals surface area contributed by atoms with Crippen molar-refractivity contribution in [3.8, 4) is 22.4 Å². The number of nitrogens with zero attached hydrogens (tertiary/aromatic N) is 2. The molecule has 0 saturated heterocycles. The Balaban J connectivity index is 1.39. The van der Waals surface area contributed by atoms with E-state index in [0.717, 1.165) is 22.4 Å². The molecule has 0 aliphatic heterocycles. The highest BCUT2D eigenvalue weighted by Gasteiger charge is 2.21. The zero-order chi connectivity index (χ0) is 26.6. The number of aryl methyl sites for hydroxylation is 1. The quantitative estimate of drug-likeness (QED) is 0.337. The lowest BCUT2D eigenvalue weighted by Crippen LogP contribution is -2.33. The van der Waals surface area contributed by atoms with Crippen LogP contribution in [-0.2, 0) is 14.6 Å². The van der Waals surface area contributed by atoms with Crippen molar-refractivity contribution in [2.45, 2.75) is 30.9 Å². The number of pyridine rings is 1. The summed E-state index contributed by atoms with van der Waals surface area (Å²) in [4.78, 5) is 33.7. The van der Waals surface area contributed by atoms with Crippen molar-refractivity contribution in [2.24, 2.45) is 0 Å². The molecule has 2 amide bonds. The highest BCUT2D eigenvalue weighted by atomic mass is 32.2. The Morgan fingerprint density at radius 3 is 2.43 bits per heavy atom. The summed E-state index contributed by atoms with van der Waals surface area (Å²) in [5.41, 5.74) is 4.52. The molecular formula is C27H26N4O4S2. The zero-order valence-electron chi connectivity index (χ0n) is 20.6. The van der Waals surface area contributed by atoms with E-state index in [-0.39, 0.29) is 17.0 Å². The SMILES string of the molecule is Cc1cc(C(=O)NCC(=O)Nc2nc(-c3cccc(-c4ccncc4)c3)cs2)cc(S(=O)(=O)C(C)C)c1. The van der Waals surface area contributed by atoms with Gasteiger partial charge in [-0.15, -0.1) is 11.3 Å². The van der Waals surface area contributed by atoms with E-state index in [9.17, 15) is 18.0 Å². The fraction of sp³-hybridized carbons (Fsp3) is 0.185. The van der Waals surface area contributed by atoms with Crippen LogP contribution in [-0.4, -0.2) is 42.0 Å². The average molecular weight is 535 g/mol. The van der Waals surface area contributed by atoms with E-state index in [0.29, 0.717) is 10.7 Å². The van der Waals surface area contributed by atoms with E-state index < -0.39 is 26.9 Å². The van der Waals surface area contributed by atoms with Crippen LogP contribution in [0.5, 0.6) is 0 Å². The van der Waals surface area contributed by atoms with Gasteiger partial charge in [-0.05, 0) is 73.9 Å². The van der Waals surface area contributed by atoms with Crippen LogP contribution in [0.15, 0.2) is 77.3 Å². The number of hydrogen-bond donors (Lipinski definition) is 2. The molecule has 2 aromatic carbocycles. The van der Waals surface area contributed by atoms with Crippen molar-refractivity contribution in [3.05, 3.63) is 83.5 Å². The molecule has 2 N–H and O–H groups in total. The summed E-state index contributed by atoms with van der Waals surface area (Å²) in [6, 6.07) is 16.2. The standard InChI is InChI=1S/C27H26N4O4S2/c1-17(2)37(34,35)23-12-18(3)11-22(14-23)26(33)29-15-25(32)31-27-30-24(16-36-27)21-6-4-5-20(13-21)19-7-9-28-10-8-19/h4-14,16-17H,15H2,1-3H3,(H,29,33)(H,30,31,32). The van der Waals surface area contributed by atoms with Crippen molar-refractivity contribution in [2.75, 3.05) is 11.9 Å². The van der Waals surface area contributed by atoms with Crippen LogP contribution in [0.3, 0.4) is 0 Å². The highest BCUT2D eigenvalue weighted by molar-refractivity contribution is 7.92. The van der Waals surface area contributed by atoms with Gasteiger partial charge in [0.2, 0.25) is 5.91 Å². The smallest absolute Gasteiger partial charge is 0.251 e. The maximum absolute atomic E-state index is 12.6. The normalized spacial score (nSPS) is 11.4. The zero-order valence-corrected chi connectivity index (χ0v) is 22.2. The van der Waals surface area contributed by atoms with Gasteiger partial charge in [-0.2, -0.15) is 0 Å². The Hall–Kier alpha value is -3.89. The number of hydrogen-bond acceptors (Lipinski definition) is 7. The van der Waals surface area contributed by atoms with Gasteiger partial charge < -0.3 is 10.6 Å². The first kappa shape index (κ1) is 26.2. The van der Waals surface area contributed by atoms with Gasteiger partial charge in [0, 0.05) is 28.9 Å². The van der Waals surface area contributed by atoms with Gasteiger partial charge in [-0.1, -0.05) is 18.2 Å². The lowest BCUT2D eigenvalue weighted by atomic mass is 10.0. The molecule has 37 heavy (non-hydrogen) atoms. The summed E-state index contributed by atoms with van der Waals surface area (Å²) in [6.45, 7) is 4.61. The summed E-state index contributed by atoms with van der Waals surface area (Å²) in [6.07, 6.45) is 3.48. The van der Waals surface area contributed by atoms with Crippen LogP contribution in [0.1, 0.15) is 29.8 Å². The summed E-state index contributed by atoms with van der Waals surface area (Å²) < 4.78 is 25.0. The molecule has 0 spiro atoms. The maximum Gasteiger partial charge on any atom is 0.251 e. The number of anilines is 1. The summed E-state index contributed by atoms with van der Waals surface area (Å²) >= 11 is 1.28. The van der Waals surface area contributed by atoms with E-state index in [1.165, 1.54) is 23.5 Å². The van der Waals surface area contributed by atoms with Crippen LogP contribution in [0, 0.1) is 6.92 Å². The summed E-state index contributed by atoms with van der Waals surface area (Å²) in [5, 5.41) is 6.88. The number of amides is 2. The fourth-order valence-corrected chi connectivity index (χ4v) is 5.53. The number of nitrogens with one attached hydrogen (secondary N) is 2. The second-order valence-corrected chi connectivity index (χ2v) is 12.1. The third-order valence-electron chi connectivity index (χ3n) is 5.59. The topological polar surface area (TPSA) is 118 Å². The van der Waals surface area contributed by atoms with Crippen molar-refractivity contribution in [1.29, 1.82) is 0 Å². The lowest BCUT2D eigenvalue weighted by Gasteiger charge is -2.11. The van der Waals surface area contributed by atoms with Crippen LogP contribution in [0.25, 0.3) is 22.4 Å². The Morgan fingerprint density at radius 2 is 1.70 bits per heavy atom. The van der Waals surface area contributed by atoms with Gasteiger partial charge >= 0.3 is 0 Å². The maximum atomic E-state index is 12.6. The molecule has 0 atom stereocenters. The van der Waals surface area contributed by atoms with Gasteiger partial charge in [0.25, 0.3) is 5.91 Å². The second-order valence-electron chi connectivity index (χ2n) is 8.71. The van der Waals surface area contributed by atoms with Crippen molar-refractivity contribution in [1.82, 2.24) is 15.3 Å². The molecule has 0 aliphatic rings. The van der Waals surface area contributed by atoms with Gasteiger partial charge in [-0.25, -0.2) is 13.4 Å². The van der Waals surface area contributed by atoms with E-state index in [1.54, 1.807) is 39.2 Å². The van der Waals surface area contributed by atoms with E-state index in [2.05, 4.69) is 20.6 Å². The third kappa shape index (κ3) is 6.28. The molecule has 0 aliphatic carbocycles. The summed E-state index contributed by atoms with van der Waals surface area (Å²) in [5.74, 6) is -0.978. The van der Waals surface area contributed by atoms with E-state index in [4.69, 9.17) is 0 Å². The molecule has 0 radical (unpaired) electrons. The van der Waals surface area contributed by atoms with Gasteiger partial charge in [0.05, 0.1) is 22.4 Å². The van der Waals surface area contributed by atoms with Crippen molar-refractivity contribution >= 4 is 38.1 Å². The minimum absolute atomic E-state index is 0.0837. The lowest BCUT2D eigenvalue weighted by molar-refractivity contribution is -0.115. The first-order valence-corrected chi connectivity index (χ1v) is 14.0. The van der Waals surface area contributed by atoms with Gasteiger partial charge in [0.1, 0.15) is 0 Å². The fourth-order valence-electron chi connectivity index (χ4n) is 3.61. The molecule has 4 aromatic rings. The minimum atomic E-state index is -3.54. The van der Waals surface area contributed by atoms with Crippen molar-refractivity contribution in [3.63, 3.8) is 0 Å². The van der Waals surface area contributed by atoms with Gasteiger partial charge in [0.15, 0.2) is 15.0 Å². The Kier molecular flexibility index (Phi) is 7.80. The number of benzene rings is 2. The van der Waals surface area contributed by atoms with Gasteiger partial charge in [-0.3, -0.25) is 14.6 Å². The molecule has 0 unspecified atom stereocenters. The van der Waals surface area contributed by atoms with E-state index >= 15 is 0 Å². The van der Waals surface area contributed by atoms with Crippen LogP contribution in [0.2, 0.25) is 0 Å². The molecule has 4 rings (SSSR count). The average Bonchev–Trinajstić information content (AvgIpc) is 3.36. The Labute approximate surface area is 219 Å². The van der Waals surface area contributed by atoms with Crippen molar-refractivity contribution < 1.29 is 18.0 Å². The van der Waals surface area contributed by atoms with E-state index in [1.807, 2.05) is 41.8 Å². The first-order chi connectivity index (χ1) is 17.6. The number of carbonyl (C=O) groups is 2. The molecule has 0 bridgehead atoms. The first-order valence-electron chi connectivity index (χ1n) is 11.5. The Bertz CT molecular complexity index is 1550. The molecule has 2 aromatic heterocycles. The number of thiazole rings is 1. The molecule has 0 saturated carbocycles. The number of sulfone groups is 1. The van der Waals surface area contributed by atoms with Crippen LogP contribution >= 0.6 is 11.3 Å². The largest absolute Gasteiger partial charge is 0.343 e. The second kappa shape index (κ2) is 11.0. The summed E-state index contributed by atoms with van der Waals surface area (Å²) in [7, 11) is -3.54. The molecule has 190 valence electrons. The monoisotopic (exact) mass is 534 g/mol. The molecule has 8 nitrogen and oxygen atoms in total. The molecule has 2 heterocycles. The van der Waals surface area contributed by atoms with Crippen LogP contribution < -0.4 is 10.6 Å².